The van der Waals surface area contributed by atoms with Gasteiger partial charge >= 0.3 is 0 Å². The normalized spacial score (nSPS) is 12.6. The second-order valence-electron chi connectivity index (χ2n) is 6.72. The fourth-order valence-corrected chi connectivity index (χ4v) is 2.23. The lowest BCUT2D eigenvalue weighted by Gasteiger charge is -2.30. The van der Waals surface area contributed by atoms with E-state index in [9.17, 15) is 0 Å². The number of rotatable bonds is 7. The van der Waals surface area contributed by atoms with Crippen molar-refractivity contribution in [1.29, 1.82) is 0 Å². The lowest BCUT2D eigenvalue weighted by molar-refractivity contribution is 0.328. The van der Waals surface area contributed by atoms with Crippen molar-refractivity contribution in [1.82, 2.24) is 0 Å². The van der Waals surface area contributed by atoms with Crippen molar-refractivity contribution in [3.05, 3.63) is 29.3 Å². The molecule has 0 spiro atoms. The van der Waals surface area contributed by atoms with Gasteiger partial charge < -0.3 is 4.74 Å². The third kappa shape index (κ3) is 3.91. The third-order valence-corrected chi connectivity index (χ3v) is 4.75. The fourth-order valence-electron chi connectivity index (χ4n) is 2.15. The van der Waals surface area contributed by atoms with Gasteiger partial charge in [0, 0.05) is 5.56 Å². The zero-order valence-electron chi connectivity index (χ0n) is 13.8. The molecule has 0 heterocycles. The van der Waals surface area contributed by atoms with Crippen molar-refractivity contribution < 1.29 is 4.74 Å². The van der Waals surface area contributed by atoms with E-state index in [1.807, 2.05) is 0 Å². The quantitative estimate of drug-likeness (QED) is 0.588. The van der Waals surface area contributed by atoms with Gasteiger partial charge in [-0.1, -0.05) is 53.7 Å². The van der Waals surface area contributed by atoms with Crippen molar-refractivity contribution >= 4 is 11.6 Å². The summed E-state index contributed by atoms with van der Waals surface area (Å²) in [5.41, 5.74) is 2.99. The largest absolute Gasteiger partial charge is 0.492 e. The molecule has 0 amide bonds. The monoisotopic (exact) mass is 296 g/mol. The predicted molar refractivity (Wildman–Crippen MR) is 89.3 cm³/mol. The average Bonchev–Trinajstić information content (AvgIpc) is 2.44. The molecule has 0 saturated carbocycles. The van der Waals surface area contributed by atoms with Crippen molar-refractivity contribution in [3.8, 4) is 5.75 Å². The molecule has 0 aliphatic rings. The van der Waals surface area contributed by atoms with Crippen LogP contribution >= 0.6 is 11.6 Å². The number of benzene rings is 1. The highest BCUT2D eigenvalue weighted by Gasteiger charge is 2.26. The maximum atomic E-state index is 5.84. The molecule has 0 saturated heterocycles. The van der Waals surface area contributed by atoms with Crippen LogP contribution in [0.25, 0.3) is 0 Å². The van der Waals surface area contributed by atoms with Gasteiger partial charge in [0.05, 0.1) is 5.88 Å². The van der Waals surface area contributed by atoms with E-state index < -0.39 is 0 Å². The second-order valence-corrected chi connectivity index (χ2v) is 7.10. The molecule has 2 heteroatoms. The van der Waals surface area contributed by atoms with Gasteiger partial charge in [-0.2, -0.15) is 0 Å². The van der Waals surface area contributed by atoms with Crippen molar-refractivity contribution in [3.63, 3.8) is 0 Å². The Kier molecular flexibility index (Phi) is 5.94. The molecule has 1 rings (SSSR count). The molecule has 0 aliphatic heterocycles. The summed E-state index contributed by atoms with van der Waals surface area (Å²) in [5.74, 6) is 1.50. The highest BCUT2D eigenvalue weighted by molar-refractivity contribution is 6.18. The molecule has 114 valence electrons. The molecule has 0 bridgehead atoms. The molecule has 1 aromatic rings. The maximum absolute atomic E-state index is 5.84. The van der Waals surface area contributed by atoms with Crippen molar-refractivity contribution in [2.75, 3.05) is 12.5 Å². The van der Waals surface area contributed by atoms with Crippen LogP contribution in [-0.4, -0.2) is 12.5 Å². The zero-order chi connectivity index (χ0) is 15.4. The summed E-state index contributed by atoms with van der Waals surface area (Å²) < 4.78 is 5.84. The molecule has 0 N–H and O–H groups in total. The molecule has 0 aliphatic carbocycles. The molecule has 1 aromatic carbocycles. The van der Waals surface area contributed by atoms with Crippen molar-refractivity contribution in [2.24, 2.45) is 0 Å². The smallest absolute Gasteiger partial charge is 0.123 e. The third-order valence-electron chi connectivity index (χ3n) is 4.59. The van der Waals surface area contributed by atoms with Crippen LogP contribution in [0.15, 0.2) is 18.2 Å². The number of ether oxygens (including phenoxy) is 1. The Bertz CT molecular complexity index is 435. The number of hydrogen-bond acceptors (Lipinski definition) is 1. The molecular weight excluding hydrogens is 268 g/mol. The summed E-state index contributed by atoms with van der Waals surface area (Å²) in [6.07, 6.45) is 2.21. The summed E-state index contributed by atoms with van der Waals surface area (Å²) >= 11 is 5.75. The van der Waals surface area contributed by atoms with Crippen LogP contribution in [0.3, 0.4) is 0 Å². The van der Waals surface area contributed by atoms with E-state index >= 15 is 0 Å². The van der Waals surface area contributed by atoms with Crippen LogP contribution in [0.4, 0.5) is 0 Å². The summed E-state index contributed by atoms with van der Waals surface area (Å²) in [7, 11) is 0. The van der Waals surface area contributed by atoms with Gasteiger partial charge in [0.15, 0.2) is 0 Å². The zero-order valence-corrected chi connectivity index (χ0v) is 14.6. The van der Waals surface area contributed by atoms with Gasteiger partial charge in [-0.25, -0.2) is 0 Å². The Morgan fingerprint density at radius 1 is 1.00 bits per heavy atom. The molecule has 0 aromatic heterocycles. The van der Waals surface area contributed by atoms with Crippen LogP contribution in [0.1, 0.15) is 65.5 Å². The summed E-state index contributed by atoms with van der Waals surface area (Å²) in [6, 6.07) is 6.64. The second kappa shape index (κ2) is 6.85. The minimum Gasteiger partial charge on any atom is -0.492 e. The number of hydrogen-bond donors (Lipinski definition) is 0. The Morgan fingerprint density at radius 2 is 1.60 bits per heavy atom. The Morgan fingerprint density at radius 3 is 2.10 bits per heavy atom. The Hall–Kier alpha value is -0.690. The Balaban J connectivity index is 3.29. The molecule has 1 nitrogen and oxygen atoms in total. The van der Waals surface area contributed by atoms with E-state index in [1.54, 1.807) is 0 Å². The van der Waals surface area contributed by atoms with Crippen LogP contribution < -0.4 is 4.74 Å². The predicted octanol–water partition coefficient (Wildman–Crippen LogP) is 5.68. The highest BCUT2D eigenvalue weighted by atomic mass is 35.5. The van der Waals surface area contributed by atoms with Gasteiger partial charge in [-0.15, -0.1) is 11.6 Å². The number of alkyl halides is 1. The lowest BCUT2D eigenvalue weighted by atomic mass is 9.76. The van der Waals surface area contributed by atoms with Gasteiger partial charge in [0.25, 0.3) is 0 Å². The van der Waals surface area contributed by atoms with Gasteiger partial charge in [0.1, 0.15) is 12.4 Å². The Labute approximate surface area is 129 Å². The molecule has 0 atom stereocenters. The summed E-state index contributed by atoms with van der Waals surface area (Å²) in [5, 5.41) is 0. The van der Waals surface area contributed by atoms with Crippen molar-refractivity contribution in [2.45, 2.75) is 65.2 Å². The first-order valence-corrected chi connectivity index (χ1v) is 8.15. The van der Waals surface area contributed by atoms with Gasteiger partial charge in [-0.05, 0) is 35.3 Å². The lowest BCUT2D eigenvalue weighted by Crippen LogP contribution is -2.21. The van der Waals surface area contributed by atoms with E-state index in [1.165, 1.54) is 11.1 Å². The molecule has 20 heavy (non-hydrogen) atoms. The van der Waals surface area contributed by atoms with E-state index in [0.717, 1.165) is 18.6 Å². The van der Waals surface area contributed by atoms with Crippen LogP contribution in [0, 0.1) is 0 Å². The highest BCUT2D eigenvalue weighted by Crippen LogP contribution is 2.38. The van der Waals surface area contributed by atoms with E-state index in [4.69, 9.17) is 16.3 Å². The summed E-state index contributed by atoms with van der Waals surface area (Å²) in [6.45, 7) is 14.2. The minimum absolute atomic E-state index is 0.113. The van der Waals surface area contributed by atoms with Gasteiger partial charge in [-0.3, -0.25) is 0 Å². The van der Waals surface area contributed by atoms with E-state index in [-0.39, 0.29) is 10.8 Å². The first kappa shape index (κ1) is 17.4. The van der Waals surface area contributed by atoms with E-state index in [2.05, 4.69) is 59.7 Å². The molecule has 0 radical (unpaired) electrons. The fraction of sp³-hybridized carbons (Fsp3) is 0.667. The molecular formula is C18H29ClO. The first-order valence-electron chi connectivity index (χ1n) is 7.62. The van der Waals surface area contributed by atoms with Crippen LogP contribution in [0.2, 0.25) is 0 Å². The SMILES string of the molecule is CCC(C)(C)c1ccc(OCCCl)c(C(C)(C)CC)c1. The number of halogens is 1. The molecule has 0 unspecified atom stereocenters. The molecule has 0 fully saturated rings. The minimum atomic E-state index is 0.113. The average molecular weight is 297 g/mol. The van der Waals surface area contributed by atoms with Gasteiger partial charge in [0.2, 0.25) is 0 Å². The van der Waals surface area contributed by atoms with E-state index in [0.29, 0.717) is 12.5 Å². The first-order chi connectivity index (χ1) is 9.28. The maximum Gasteiger partial charge on any atom is 0.123 e. The van der Waals surface area contributed by atoms with Crippen LogP contribution in [0.5, 0.6) is 5.75 Å². The standard InChI is InChI=1S/C18H29ClO/c1-7-17(3,4)14-9-10-16(20-12-11-19)15(13-14)18(5,6)8-2/h9-10,13H,7-8,11-12H2,1-6H3. The summed E-state index contributed by atoms with van der Waals surface area (Å²) in [4.78, 5) is 0. The topological polar surface area (TPSA) is 9.23 Å². The van der Waals surface area contributed by atoms with Crippen LogP contribution in [-0.2, 0) is 10.8 Å².